The molecule has 0 radical (unpaired) electrons. The molecule has 4 N–H and O–H groups in total. The summed E-state index contributed by atoms with van der Waals surface area (Å²) >= 11 is 10.3. The summed E-state index contributed by atoms with van der Waals surface area (Å²) in [7, 11) is 0. The van der Waals surface area contributed by atoms with Crippen molar-refractivity contribution in [3.05, 3.63) is 23.0 Å². The van der Waals surface area contributed by atoms with E-state index in [4.69, 9.17) is 23.1 Å². The predicted molar refractivity (Wildman–Crippen MR) is 49.5 cm³/mol. The fraction of sp³-hybridized carbons (Fsp3) is 0. The summed E-state index contributed by atoms with van der Waals surface area (Å²) in [6.45, 7) is 0. The molecular formula is C6H6ClN3S. The molecular weight excluding hydrogens is 182 g/mol. The predicted octanol–water partition coefficient (Wildman–Crippen LogP) is 0.951. The van der Waals surface area contributed by atoms with Crippen LogP contribution < -0.4 is 11.5 Å². The quantitative estimate of drug-likeness (QED) is 0.508. The molecule has 0 atom stereocenters. The maximum Gasteiger partial charge on any atom is 0.130 e. The number of anilines is 1. The van der Waals surface area contributed by atoms with Gasteiger partial charge in [-0.05, 0) is 12.1 Å². The van der Waals surface area contributed by atoms with E-state index in [1.54, 1.807) is 12.1 Å². The van der Waals surface area contributed by atoms with Crippen molar-refractivity contribution in [2.24, 2.45) is 5.73 Å². The van der Waals surface area contributed by atoms with Crippen LogP contribution in [0.5, 0.6) is 0 Å². The van der Waals surface area contributed by atoms with Gasteiger partial charge in [-0.25, -0.2) is 4.98 Å². The number of nitrogens with zero attached hydrogens (tertiary/aromatic N) is 1. The second kappa shape index (κ2) is 3.02. The summed E-state index contributed by atoms with van der Waals surface area (Å²) in [5.41, 5.74) is 11.6. The number of rotatable bonds is 1. The molecule has 1 heterocycles. The molecule has 1 aromatic rings. The smallest absolute Gasteiger partial charge is 0.130 e. The van der Waals surface area contributed by atoms with Crippen molar-refractivity contribution in [1.82, 2.24) is 4.98 Å². The Bertz CT molecular complexity index is 300. The lowest BCUT2D eigenvalue weighted by molar-refractivity contribution is 1.30. The molecule has 3 nitrogen and oxygen atoms in total. The summed E-state index contributed by atoms with van der Waals surface area (Å²) in [5.74, 6) is 0. The first-order valence-corrected chi connectivity index (χ1v) is 3.61. The number of halogens is 1. The number of nitrogens with two attached hydrogens (primary N) is 2. The van der Waals surface area contributed by atoms with E-state index in [2.05, 4.69) is 17.2 Å². The minimum absolute atomic E-state index is 0.157. The average Bonchev–Trinajstić information content (AvgIpc) is 1.94. The fourth-order valence-corrected chi connectivity index (χ4v) is 0.954. The van der Waals surface area contributed by atoms with E-state index in [0.29, 0.717) is 16.5 Å². The van der Waals surface area contributed by atoms with Crippen molar-refractivity contribution in [3.63, 3.8) is 0 Å². The molecule has 0 aromatic carbocycles. The molecule has 0 aliphatic rings. The van der Waals surface area contributed by atoms with Gasteiger partial charge >= 0.3 is 0 Å². The normalized spacial score (nSPS) is 9.55. The Balaban J connectivity index is 3.23. The van der Waals surface area contributed by atoms with Crippen LogP contribution in [0.1, 0.15) is 5.69 Å². The second-order valence-corrected chi connectivity index (χ2v) is 2.76. The third-order valence-electron chi connectivity index (χ3n) is 1.13. The highest BCUT2D eigenvalue weighted by atomic mass is 35.5. The van der Waals surface area contributed by atoms with E-state index in [0.717, 1.165) is 0 Å². The van der Waals surface area contributed by atoms with E-state index >= 15 is 0 Å². The molecule has 0 spiro atoms. The fourth-order valence-electron chi connectivity index (χ4n) is 0.643. The van der Waals surface area contributed by atoms with Crippen LogP contribution in [-0.4, -0.2) is 9.97 Å². The van der Waals surface area contributed by atoms with Crippen LogP contribution in [0.4, 0.5) is 5.69 Å². The van der Waals surface area contributed by atoms with Gasteiger partial charge in [-0.3, -0.25) is 0 Å². The van der Waals surface area contributed by atoms with Gasteiger partial charge in [-0.2, -0.15) is 0 Å². The Morgan fingerprint density at radius 2 is 2.18 bits per heavy atom. The Kier molecular flexibility index (Phi) is 2.26. The molecule has 0 unspecified atom stereocenters. The first-order valence-electron chi connectivity index (χ1n) is 2.83. The molecule has 0 amide bonds. The number of nitrogen functional groups attached to an aromatic ring is 1. The Hall–Kier alpha value is -0.870. The molecule has 0 saturated heterocycles. The van der Waals surface area contributed by atoms with Gasteiger partial charge in [-0.1, -0.05) is 23.8 Å². The van der Waals surface area contributed by atoms with Crippen LogP contribution in [0.2, 0.25) is 5.15 Å². The van der Waals surface area contributed by atoms with E-state index in [-0.39, 0.29) is 4.99 Å². The number of hydrogen-bond acceptors (Lipinski definition) is 3. The van der Waals surface area contributed by atoms with E-state index in [9.17, 15) is 0 Å². The minimum Gasteiger partial charge on any atom is -0.397 e. The SMILES string of the molecule is NC(=S)c1nc(Cl)ccc1N. The van der Waals surface area contributed by atoms with Crippen molar-refractivity contribution >= 4 is 34.5 Å². The largest absolute Gasteiger partial charge is 0.397 e. The van der Waals surface area contributed by atoms with Gasteiger partial charge in [0.05, 0.1) is 5.69 Å². The van der Waals surface area contributed by atoms with E-state index in [1.165, 1.54) is 0 Å². The lowest BCUT2D eigenvalue weighted by Crippen LogP contribution is -2.14. The van der Waals surface area contributed by atoms with Crippen molar-refractivity contribution in [2.75, 3.05) is 5.73 Å². The van der Waals surface area contributed by atoms with E-state index in [1.807, 2.05) is 0 Å². The molecule has 0 saturated carbocycles. The number of aromatic nitrogens is 1. The maximum absolute atomic E-state index is 5.58. The van der Waals surface area contributed by atoms with Gasteiger partial charge in [-0.15, -0.1) is 0 Å². The topological polar surface area (TPSA) is 64.9 Å². The monoisotopic (exact) mass is 187 g/mol. The summed E-state index contributed by atoms with van der Waals surface area (Å²) in [6, 6.07) is 3.20. The van der Waals surface area contributed by atoms with Gasteiger partial charge in [0.1, 0.15) is 15.8 Å². The van der Waals surface area contributed by atoms with Gasteiger partial charge in [0, 0.05) is 0 Å². The third-order valence-corrected chi connectivity index (χ3v) is 1.53. The molecule has 0 bridgehead atoms. The third kappa shape index (κ3) is 1.78. The summed E-state index contributed by atoms with van der Waals surface area (Å²) in [5, 5.41) is 0.335. The molecule has 1 rings (SSSR count). The maximum atomic E-state index is 5.58. The highest BCUT2D eigenvalue weighted by molar-refractivity contribution is 7.80. The Labute approximate surface area is 74.4 Å². The van der Waals surface area contributed by atoms with Crippen LogP contribution >= 0.6 is 23.8 Å². The van der Waals surface area contributed by atoms with Crippen LogP contribution in [0.15, 0.2) is 12.1 Å². The van der Waals surface area contributed by atoms with Crippen molar-refractivity contribution in [1.29, 1.82) is 0 Å². The van der Waals surface area contributed by atoms with Crippen molar-refractivity contribution in [2.45, 2.75) is 0 Å². The molecule has 5 heteroatoms. The first-order chi connectivity index (χ1) is 5.11. The van der Waals surface area contributed by atoms with Gasteiger partial charge in [0.2, 0.25) is 0 Å². The summed E-state index contributed by atoms with van der Waals surface area (Å²) in [4.78, 5) is 4.00. The Morgan fingerprint density at radius 3 is 2.64 bits per heavy atom. The summed E-state index contributed by atoms with van der Waals surface area (Å²) < 4.78 is 0. The standard InChI is InChI=1S/C6H6ClN3S/c7-4-2-1-3(8)5(10-4)6(9)11/h1-2H,8H2,(H2,9,11). The lowest BCUT2D eigenvalue weighted by Gasteiger charge is -2.01. The van der Waals surface area contributed by atoms with Gasteiger partial charge in [0.25, 0.3) is 0 Å². The van der Waals surface area contributed by atoms with Gasteiger partial charge in [0.15, 0.2) is 0 Å². The molecule has 0 aliphatic carbocycles. The number of pyridine rings is 1. The minimum atomic E-state index is 0.157. The first kappa shape index (κ1) is 8.23. The van der Waals surface area contributed by atoms with Gasteiger partial charge < -0.3 is 11.5 Å². The molecule has 11 heavy (non-hydrogen) atoms. The lowest BCUT2D eigenvalue weighted by atomic mass is 10.3. The molecule has 1 aromatic heterocycles. The highest BCUT2D eigenvalue weighted by Gasteiger charge is 2.03. The van der Waals surface area contributed by atoms with Crippen LogP contribution in [0.25, 0.3) is 0 Å². The zero-order valence-electron chi connectivity index (χ0n) is 5.54. The molecule has 0 aliphatic heterocycles. The zero-order chi connectivity index (χ0) is 8.43. The molecule has 0 fully saturated rings. The van der Waals surface area contributed by atoms with E-state index < -0.39 is 0 Å². The van der Waals surface area contributed by atoms with Crippen LogP contribution in [-0.2, 0) is 0 Å². The highest BCUT2D eigenvalue weighted by Crippen LogP contribution is 2.12. The Morgan fingerprint density at radius 1 is 1.55 bits per heavy atom. The van der Waals surface area contributed by atoms with Crippen molar-refractivity contribution < 1.29 is 0 Å². The zero-order valence-corrected chi connectivity index (χ0v) is 7.12. The second-order valence-electron chi connectivity index (χ2n) is 1.94. The molecule has 58 valence electrons. The average molecular weight is 188 g/mol. The van der Waals surface area contributed by atoms with Crippen LogP contribution in [0, 0.1) is 0 Å². The summed E-state index contributed by atoms with van der Waals surface area (Å²) in [6.07, 6.45) is 0. The van der Waals surface area contributed by atoms with Crippen molar-refractivity contribution in [3.8, 4) is 0 Å². The number of hydrogen-bond donors (Lipinski definition) is 2. The van der Waals surface area contributed by atoms with Crippen LogP contribution in [0.3, 0.4) is 0 Å². The number of thiocarbonyl (C=S) groups is 1.